The number of anilines is 2. The third-order valence-corrected chi connectivity index (χ3v) is 3.02. The van der Waals surface area contributed by atoms with Gasteiger partial charge in [0.15, 0.2) is 11.3 Å². The van der Waals surface area contributed by atoms with Crippen LogP contribution in [0.3, 0.4) is 0 Å². The monoisotopic (exact) mass is 276 g/mol. The average Bonchev–Trinajstić information content (AvgIpc) is 2.76. The van der Waals surface area contributed by atoms with Crippen LogP contribution in [0, 0.1) is 0 Å². The fraction of sp³-hybridized carbons (Fsp3) is 0.250. The molecule has 0 fully saturated rings. The Morgan fingerprint density at radius 1 is 1.16 bits per heavy atom. The second kappa shape index (κ2) is 4.64. The Kier molecular flexibility index (Phi) is 2.96. The van der Waals surface area contributed by atoms with Crippen LogP contribution in [-0.4, -0.2) is 21.1 Å². The van der Waals surface area contributed by atoms with Crippen LogP contribution in [0.2, 0.25) is 0 Å². The van der Waals surface area contributed by atoms with Crippen LogP contribution >= 0.6 is 11.8 Å². The molecule has 1 aliphatic rings. The van der Waals surface area contributed by atoms with Crippen LogP contribution in [0.1, 0.15) is 13.8 Å². The molecule has 19 heavy (non-hydrogen) atoms. The minimum atomic E-state index is 0.244. The van der Waals surface area contributed by atoms with Crippen molar-refractivity contribution in [2.45, 2.75) is 19.9 Å². The highest BCUT2D eigenvalue weighted by Crippen LogP contribution is 2.24. The maximum Gasteiger partial charge on any atom is 0.195 e. The summed E-state index contributed by atoms with van der Waals surface area (Å²) in [4.78, 5) is 8.99. The molecular weight excluding hydrogens is 264 g/mol. The molecule has 98 valence electrons. The molecular formula is C12H13ClN6. The molecule has 0 atom stereocenters. The smallest absolute Gasteiger partial charge is 0.195 e. The van der Waals surface area contributed by atoms with Crippen LogP contribution in [0.5, 0.6) is 0 Å². The maximum atomic E-state index is 5.65. The third kappa shape index (κ3) is 2.09. The predicted octanol–water partition coefficient (Wildman–Crippen LogP) is 2.06. The summed E-state index contributed by atoms with van der Waals surface area (Å²) in [6.45, 7) is 4.10. The number of hydrazine groups is 2. The Morgan fingerprint density at radius 2 is 1.84 bits per heavy atom. The summed E-state index contributed by atoms with van der Waals surface area (Å²) < 4.78 is 3.72. The minimum Gasteiger partial charge on any atom is -0.294 e. The topological polar surface area (TPSA) is 65.4 Å². The van der Waals surface area contributed by atoms with E-state index in [1.165, 1.54) is 0 Å². The van der Waals surface area contributed by atoms with E-state index in [1.807, 2.05) is 29.4 Å². The molecule has 1 aliphatic heterocycles. The van der Waals surface area contributed by atoms with Gasteiger partial charge in [-0.3, -0.25) is 10.9 Å². The van der Waals surface area contributed by atoms with Gasteiger partial charge in [0.05, 0.1) is 11.0 Å². The van der Waals surface area contributed by atoms with Crippen molar-refractivity contribution in [2.24, 2.45) is 4.51 Å². The molecule has 6 nitrogen and oxygen atoms in total. The summed E-state index contributed by atoms with van der Waals surface area (Å²) in [7, 11) is 0. The number of fused-ring (bicyclic) bond motifs is 2. The van der Waals surface area contributed by atoms with E-state index in [1.54, 1.807) is 0 Å². The second-order valence-electron chi connectivity index (χ2n) is 4.53. The Hall–Kier alpha value is -1.92. The van der Waals surface area contributed by atoms with Crippen molar-refractivity contribution in [3.05, 3.63) is 29.8 Å². The lowest BCUT2D eigenvalue weighted by atomic mass is 10.3. The third-order valence-electron chi connectivity index (χ3n) is 2.86. The molecule has 1 aromatic carbocycles. The lowest BCUT2D eigenvalue weighted by Gasteiger charge is -2.19. The highest BCUT2D eigenvalue weighted by Gasteiger charge is 2.23. The van der Waals surface area contributed by atoms with Gasteiger partial charge in [0.25, 0.3) is 0 Å². The van der Waals surface area contributed by atoms with Crippen molar-refractivity contribution in [3.8, 4) is 0 Å². The Morgan fingerprint density at radius 3 is 2.47 bits per heavy atom. The van der Waals surface area contributed by atoms with E-state index >= 15 is 0 Å². The maximum absolute atomic E-state index is 5.65. The SMILES string of the molecule is CC(C)N1Nc2nc3ccccc3nc(=NCl)c2N1. The lowest BCUT2D eigenvalue weighted by Crippen LogP contribution is -2.37. The number of hydrogen-bond donors (Lipinski definition) is 2. The first kappa shape index (κ1) is 12.1. The number of nitrogens with one attached hydrogen (secondary N) is 2. The molecule has 0 saturated heterocycles. The number of rotatable bonds is 1. The molecule has 0 spiro atoms. The van der Waals surface area contributed by atoms with Crippen molar-refractivity contribution in [2.75, 3.05) is 10.9 Å². The summed E-state index contributed by atoms with van der Waals surface area (Å²) in [6, 6.07) is 7.85. The van der Waals surface area contributed by atoms with Crippen molar-refractivity contribution in [1.82, 2.24) is 15.1 Å². The van der Waals surface area contributed by atoms with E-state index in [0.29, 0.717) is 17.0 Å². The Balaban J connectivity index is 2.27. The zero-order valence-electron chi connectivity index (χ0n) is 10.6. The fourth-order valence-corrected chi connectivity index (χ4v) is 1.99. The van der Waals surface area contributed by atoms with E-state index in [4.69, 9.17) is 11.8 Å². The largest absolute Gasteiger partial charge is 0.294 e. The molecule has 2 aromatic rings. The van der Waals surface area contributed by atoms with Crippen molar-refractivity contribution >= 4 is 34.3 Å². The first-order valence-electron chi connectivity index (χ1n) is 5.97. The highest BCUT2D eigenvalue weighted by molar-refractivity contribution is 6.14. The Labute approximate surface area is 115 Å². The van der Waals surface area contributed by atoms with Gasteiger partial charge in [0.1, 0.15) is 5.69 Å². The Bertz CT molecular complexity index is 699. The fourth-order valence-electron chi connectivity index (χ4n) is 1.87. The lowest BCUT2D eigenvalue weighted by molar-refractivity contribution is 0.337. The van der Waals surface area contributed by atoms with Crippen molar-refractivity contribution < 1.29 is 0 Å². The number of aromatic nitrogens is 2. The van der Waals surface area contributed by atoms with Gasteiger partial charge in [0, 0.05) is 17.8 Å². The molecule has 0 bridgehead atoms. The first-order valence-corrected chi connectivity index (χ1v) is 6.31. The molecule has 0 amide bonds. The van der Waals surface area contributed by atoms with Crippen LogP contribution < -0.4 is 16.3 Å². The molecule has 0 aliphatic carbocycles. The summed E-state index contributed by atoms with van der Waals surface area (Å²) >= 11 is 5.65. The normalized spacial score (nSPS) is 15.5. The standard InChI is InChI=1S/C12H13ClN6/c1-7(2)19-17-10-11(16-13)14-8-5-3-4-6-9(8)15-12(10)18-19/h3-7,17-18H,1-2H3. The van der Waals surface area contributed by atoms with Crippen LogP contribution in [-0.2, 0) is 0 Å². The van der Waals surface area contributed by atoms with E-state index in [9.17, 15) is 0 Å². The number of hydrogen-bond acceptors (Lipinski definition) is 6. The molecule has 0 unspecified atom stereocenters. The van der Waals surface area contributed by atoms with Gasteiger partial charge in [-0.15, -0.1) is 5.12 Å². The quantitative estimate of drug-likeness (QED) is 0.835. The van der Waals surface area contributed by atoms with Gasteiger partial charge in [-0.25, -0.2) is 9.97 Å². The van der Waals surface area contributed by atoms with Gasteiger partial charge in [-0.05, 0) is 26.0 Å². The molecule has 2 heterocycles. The van der Waals surface area contributed by atoms with E-state index in [0.717, 1.165) is 11.0 Å². The summed E-state index contributed by atoms with van der Waals surface area (Å²) in [5, 5.41) is 1.83. The second-order valence-corrected chi connectivity index (χ2v) is 4.70. The number of benzene rings is 1. The zero-order chi connectivity index (χ0) is 13.4. The number of nitrogens with zero attached hydrogens (tertiary/aromatic N) is 4. The molecule has 0 saturated carbocycles. The van der Waals surface area contributed by atoms with E-state index in [-0.39, 0.29) is 6.04 Å². The van der Waals surface area contributed by atoms with Crippen molar-refractivity contribution in [3.63, 3.8) is 0 Å². The summed E-state index contributed by atoms with van der Waals surface area (Å²) in [5.74, 6) is 0.668. The summed E-state index contributed by atoms with van der Waals surface area (Å²) in [5.41, 5.74) is 8.97. The predicted molar refractivity (Wildman–Crippen MR) is 75.2 cm³/mol. The van der Waals surface area contributed by atoms with Gasteiger partial charge >= 0.3 is 0 Å². The molecule has 2 N–H and O–H groups in total. The van der Waals surface area contributed by atoms with Crippen molar-refractivity contribution in [1.29, 1.82) is 0 Å². The van der Waals surface area contributed by atoms with Gasteiger partial charge in [0.2, 0.25) is 0 Å². The zero-order valence-corrected chi connectivity index (χ0v) is 11.3. The van der Waals surface area contributed by atoms with Crippen LogP contribution in [0.25, 0.3) is 11.0 Å². The number of halogens is 1. The molecule has 1 aromatic heterocycles. The molecule has 0 radical (unpaired) electrons. The van der Waals surface area contributed by atoms with Gasteiger partial charge < -0.3 is 0 Å². The highest BCUT2D eigenvalue weighted by atomic mass is 35.5. The number of para-hydroxylation sites is 2. The van der Waals surface area contributed by atoms with Crippen LogP contribution in [0.4, 0.5) is 11.5 Å². The van der Waals surface area contributed by atoms with E-state index in [2.05, 4.69) is 39.2 Å². The van der Waals surface area contributed by atoms with E-state index < -0.39 is 0 Å². The molecule has 7 heteroatoms. The van der Waals surface area contributed by atoms with Gasteiger partial charge in [-0.2, -0.15) is 4.51 Å². The van der Waals surface area contributed by atoms with Gasteiger partial charge in [-0.1, -0.05) is 12.1 Å². The minimum absolute atomic E-state index is 0.244. The molecule has 3 rings (SSSR count). The van der Waals surface area contributed by atoms with Crippen LogP contribution in [0.15, 0.2) is 28.8 Å². The first-order chi connectivity index (χ1) is 9.19. The summed E-state index contributed by atoms with van der Waals surface area (Å²) in [6.07, 6.45) is 0. The average molecular weight is 277 g/mol.